The average Bonchev–Trinajstić information content (AvgIpc) is 4.02. The molecule has 4 heterocycles. The van der Waals surface area contributed by atoms with Crippen LogP contribution < -0.4 is 10.6 Å². The van der Waals surface area contributed by atoms with Crippen molar-refractivity contribution in [3.05, 3.63) is 77.3 Å². The summed E-state index contributed by atoms with van der Waals surface area (Å²) in [6, 6.07) is 16.9. The molecule has 14 heteroatoms. The molecule has 294 valence electrons. The Hall–Kier alpha value is -4.85. The lowest BCUT2D eigenvalue weighted by molar-refractivity contribution is -0.135. The summed E-state index contributed by atoms with van der Waals surface area (Å²) in [7, 11) is 2.60. The number of ether oxygens (including phenoxy) is 2. The minimum Gasteiger partial charge on any atom is -0.453 e. The highest BCUT2D eigenvalue weighted by Crippen LogP contribution is 2.38. The van der Waals surface area contributed by atoms with Crippen LogP contribution >= 0.6 is 11.6 Å². The monoisotopic (exact) mass is 773 g/mol. The van der Waals surface area contributed by atoms with Gasteiger partial charge >= 0.3 is 12.2 Å². The van der Waals surface area contributed by atoms with E-state index in [0.717, 1.165) is 70.8 Å². The van der Waals surface area contributed by atoms with Gasteiger partial charge in [-0.15, -0.1) is 0 Å². The molecule has 55 heavy (non-hydrogen) atoms. The zero-order chi connectivity index (χ0) is 39.4. The van der Waals surface area contributed by atoms with Gasteiger partial charge in [-0.1, -0.05) is 87.8 Å². The van der Waals surface area contributed by atoms with Crippen LogP contribution in [0.5, 0.6) is 0 Å². The number of carbonyl (C=O) groups is 3. The molecule has 2 unspecified atom stereocenters. The Bertz CT molecular complexity index is 1940. The third-order valence-corrected chi connectivity index (χ3v) is 11.1. The maximum absolute atomic E-state index is 13.6. The molecule has 2 fully saturated rings. The molecule has 2 saturated heterocycles. The van der Waals surface area contributed by atoms with Crippen molar-refractivity contribution in [1.82, 2.24) is 35.4 Å². The van der Waals surface area contributed by atoms with Gasteiger partial charge in [-0.2, -0.15) is 0 Å². The summed E-state index contributed by atoms with van der Waals surface area (Å²) in [6.45, 7) is 9.00. The van der Waals surface area contributed by atoms with E-state index in [9.17, 15) is 19.5 Å². The topological polar surface area (TPSA) is 165 Å². The van der Waals surface area contributed by atoms with Crippen LogP contribution in [0.25, 0.3) is 33.6 Å². The third-order valence-electron chi connectivity index (χ3n) is 10.8. The molecule has 13 nitrogen and oxygen atoms in total. The molecule has 2 aromatic carbocycles. The van der Waals surface area contributed by atoms with Gasteiger partial charge in [0, 0.05) is 18.8 Å². The molecule has 0 aliphatic carbocycles. The highest BCUT2D eigenvalue weighted by Gasteiger charge is 2.39. The summed E-state index contributed by atoms with van der Waals surface area (Å²) < 4.78 is 9.56. The summed E-state index contributed by atoms with van der Waals surface area (Å²) in [5.74, 6) is 0.521. The zero-order valence-electron chi connectivity index (χ0n) is 32.3. The SMILES string of the molecule is COC(=O)N[C@@H](C(C)C)C(O)N1CCC[C@H]1c1ncc(-c2ccc(-c3ccc(-c4[nH]c(C5CCCN5C(=O)[C@@H](NC(=O)OC)C(C)C)cc4Cl)cc3)cc2)[nH]1. The molecular formula is C41H52ClN7O6. The van der Waals surface area contributed by atoms with Crippen LogP contribution in [0.2, 0.25) is 5.02 Å². The minimum atomic E-state index is -0.893. The fourth-order valence-electron chi connectivity index (χ4n) is 7.78. The fourth-order valence-corrected chi connectivity index (χ4v) is 8.05. The number of hydrogen-bond donors (Lipinski definition) is 5. The van der Waals surface area contributed by atoms with Gasteiger partial charge in [-0.25, -0.2) is 14.6 Å². The standard InChI is InChI=1S/C41H52ClN7O6/c1-23(2)34(46-40(52)54-5)38(50)48-19-7-9-32(48)30-21-29(42)36(44-30)28-17-13-26(14-18-28)25-11-15-27(16-12-25)31-22-43-37(45-31)33-10-8-20-49(33)39(51)35(24(3)4)47-41(53)55-6/h11-18,21-24,32-35,39,44,51H,7-10,19-20H2,1-6H3,(H,43,45)(H,46,52)(H,47,53)/t32?,33-,34-,35-,39?/m0/s1. The van der Waals surface area contributed by atoms with E-state index in [-0.39, 0.29) is 29.8 Å². The van der Waals surface area contributed by atoms with Crippen molar-refractivity contribution < 1.29 is 29.0 Å². The number of aromatic amines is 2. The number of aromatic nitrogens is 3. The van der Waals surface area contributed by atoms with Crippen molar-refractivity contribution in [1.29, 1.82) is 0 Å². The number of amides is 3. The number of aliphatic hydroxyl groups is 1. The van der Waals surface area contributed by atoms with Gasteiger partial charge in [0.15, 0.2) is 0 Å². The lowest BCUT2D eigenvalue weighted by atomic mass is 10.0. The number of H-pyrrole nitrogens is 2. The van der Waals surface area contributed by atoms with Crippen molar-refractivity contribution in [2.45, 2.75) is 83.8 Å². The molecule has 0 bridgehead atoms. The van der Waals surface area contributed by atoms with Gasteiger partial charge in [0.05, 0.1) is 55.0 Å². The van der Waals surface area contributed by atoms with Gasteiger partial charge in [-0.3, -0.25) is 9.69 Å². The number of nitrogens with one attached hydrogen (secondary N) is 4. The number of likely N-dealkylation sites (tertiary alicyclic amines) is 2. The lowest BCUT2D eigenvalue weighted by Gasteiger charge is -2.35. The molecule has 2 aromatic heterocycles. The number of alkyl carbamates (subject to hydrolysis) is 2. The quantitative estimate of drug-likeness (QED) is 0.100. The molecule has 2 aliphatic rings. The maximum atomic E-state index is 13.6. The van der Waals surface area contributed by atoms with E-state index in [1.165, 1.54) is 14.2 Å². The van der Waals surface area contributed by atoms with Crippen LogP contribution in [0.15, 0.2) is 60.8 Å². The summed E-state index contributed by atoms with van der Waals surface area (Å²) in [6.07, 6.45) is 3.12. The number of nitrogens with zero attached hydrogens (tertiary/aromatic N) is 3. The van der Waals surface area contributed by atoms with Gasteiger partial charge in [0.1, 0.15) is 18.1 Å². The molecule has 3 amide bonds. The van der Waals surface area contributed by atoms with Crippen LogP contribution in [-0.2, 0) is 14.3 Å². The number of methoxy groups -OCH3 is 2. The second-order valence-electron chi connectivity index (χ2n) is 15.0. The van der Waals surface area contributed by atoms with Crippen LogP contribution in [0.3, 0.4) is 0 Å². The number of rotatable bonds is 12. The summed E-state index contributed by atoms with van der Waals surface area (Å²) in [4.78, 5) is 53.1. The van der Waals surface area contributed by atoms with Crippen LogP contribution in [0.1, 0.15) is 77.0 Å². The maximum Gasteiger partial charge on any atom is 0.407 e. The second-order valence-corrected chi connectivity index (χ2v) is 15.5. The van der Waals surface area contributed by atoms with E-state index < -0.39 is 30.5 Å². The van der Waals surface area contributed by atoms with Crippen LogP contribution in [0.4, 0.5) is 9.59 Å². The van der Waals surface area contributed by atoms with E-state index in [1.807, 2.05) is 61.9 Å². The van der Waals surface area contributed by atoms with Gasteiger partial charge in [-0.05, 0) is 65.8 Å². The molecule has 0 spiro atoms. The Morgan fingerprint density at radius 1 is 0.818 bits per heavy atom. The molecular weight excluding hydrogens is 722 g/mol. The van der Waals surface area contributed by atoms with Crippen LogP contribution in [-0.4, -0.2) is 93.6 Å². The largest absolute Gasteiger partial charge is 0.453 e. The first-order chi connectivity index (χ1) is 26.4. The zero-order valence-corrected chi connectivity index (χ0v) is 33.0. The van der Waals surface area contributed by atoms with E-state index in [2.05, 4.69) is 57.0 Å². The predicted octanol–water partition coefficient (Wildman–Crippen LogP) is 7.27. The number of benzene rings is 2. The van der Waals surface area contributed by atoms with Crippen molar-refractivity contribution in [3.8, 4) is 33.6 Å². The smallest absolute Gasteiger partial charge is 0.407 e. The molecule has 5 atom stereocenters. The van der Waals surface area contributed by atoms with Crippen molar-refractivity contribution in [2.75, 3.05) is 27.3 Å². The Labute approximate surface area is 327 Å². The second kappa shape index (κ2) is 17.3. The van der Waals surface area contributed by atoms with E-state index >= 15 is 0 Å². The van der Waals surface area contributed by atoms with Gasteiger partial charge in [0.2, 0.25) is 5.91 Å². The molecule has 6 rings (SSSR count). The van der Waals surface area contributed by atoms with E-state index in [0.29, 0.717) is 18.1 Å². The van der Waals surface area contributed by atoms with Crippen molar-refractivity contribution in [3.63, 3.8) is 0 Å². The Morgan fingerprint density at radius 3 is 2.02 bits per heavy atom. The third kappa shape index (κ3) is 8.69. The Kier molecular flexibility index (Phi) is 12.5. The summed E-state index contributed by atoms with van der Waals surface area (Å²) in [5, 5.41) is 17.4. The number of aliphatic hydroxyl groups excluding tert-OH is 1. The van der Waals surface area contributed by atoms with E-state index in [4.69, 9.17) is 26.1 Å². The average molecular weight is 774 g/mol. The number of imidazole rings is 1. The summed E-state index contributed by atoms with van der Waals surface area (Å²) >= 11 is 6.78. The number of hydrogen-bond acceptors (Lipinski definition) is 8. The van der Waals surface area contributed by atoms with Crippen molar-refractivity contribution >= 4 is 29.7 Å². The normalized spacial score (nSPS) is 19.1. The highest BCUT2D eigenvalue weighted by molar-refractivity contribution is 6.33. The lowest BCUT2D eigenvalue weighted by Crippen LogP contribution is -2.54. The first-order valence-corrected chi connectivity index (χ1v) is 19.4. The minimum absolute atomic E-state index is 0.00849. The summed E-state index contributed by atoms with van der Waals surface area (Å²) in [5.41, 5.74) is 6.54. The van der Waals surface area contributed by atoms with Gasteiger partial charge < -0.3 is 40.1 Å². The molecule has 4 aromatic rings. The van der Waals surface area contributed by atoms with E-state index in [1.54, 1.807) is 0 Å². The Morgan fingerprint density at radius 2 is 1.40 bits per heavy atom. The van der Waals surface area contributed by atoms with Crippen LogP contribution in [0, 0.1) is 11.8 Å². The molecule has 5 N–H and O–H groups in total. The molecule has 0 radical (unpaired) electrons. The Balaban J connectivity index is 1.12. The first kappa shape index (κ1) is 39.8. The first-order valence-electron chi connectivity index (χ1n) is 19.0. The number of carbonyl (C=O) groups excluding carboxylic acids is 3. The number of halogens is 1. The van der Waals surface area contributed by atoms with Crippen molar-refractivity contribution in [2.24, 2.45) is 11.8 Å². The van der Waals surface area contributed by atoms with Gasteiger partial charge in [0.25, 0.3) is 0 Å². The highest BCUT2D eigenvalue weighted by atomic mass is 35.5. The molecule has 0 saturated carbocycles. The predicted molar refractivity (Wildman–Crippen MR) is 211 cm³/mol. The fraction of sp³-hybridized carbons (Fsp3) is 0.463. The molecule has 2 aliphatic heterocycles.